The Labute approximate surface area is 219 Å². The lowest BCUT2D eigenvalue weighted by Gasteiger charge is -2.24. The van der Waals surface area contributed by atoms with E-state index in [1.807, 2.05) is 30.3 Å². The van der Waals surface area contributed by atoms with Crippen molar-refractivity contribution in [1.29, 1.82) is 0 Å². The predicted molar refractivity (Wildman–Crippen MR) is 143 cm³/mol. The van der Waals surface area contributed by atoms with Crippen LogP contribution < -0.4 is 25.7 Å². The van der Waals surface area contributed by atoms with E-state index in [-0.39, 0.29) is 40.0 Å². The van der Waals surface area contributed by atoms with Crippen LogP contribution in [0.3, 0.4) is 0 Å². The first kappa shape index (κ1) is 24.8. The molecule has 0 saturated heterocycles. The number of nitrogens with zero attached hydrogens (tertiary/aromatic N) is 2. The van der Waals surface area contributed by atoms with Crippen LogP contribution in [0.1, 0.15) is 48.6 Å². The van der Waals surface area contributed by atoms with Gasteiger partial charge in [-0.15, -0.1) is 0 Å². The van der Waals surface area contributed by atoms with Crippen molar-refractivity contribution in [1.82, 2.24) is 9.88 Å². The molecule has 1 amide bonds. The Balaban J connectivity index is 1.43. The van der Waals surface area contributed by atoms with Crippen LogP contribution in [-0.2, 0) is 13.6 Å². The highest BCUT2D eigenvalue weighted by molar-refractivity contribution is 6.32. The van der Waals surface area contributed by atoms with Crippen LogP contribution in [0.4, 0.5) is 17.1 Å². The molecule has 0 radical (unpaired) electrons. The smallest absolute Gasteiger partial charge is 0.253 e. The number of aromatic nitrogens is 2. The van der Waals surface area contributed by atoms with Gasteiger partial charge in [0.15, 0.2) is 11.6 Å². The Kier molecular flexibility index (Phi) is 6.66. The lowest BCUT2D eigenvalue weighted by Crippen LogP contribution is -2.27. The van der Waals surface area contributed by atoms with Crippen molar-refractivity contribution in [2.24, 2.45) is 7.05 Å². The number of amides is 1. The van der Waals surface area contributed by atoms with E-state index in [4.69, 9.17) is 10.5 Å². The summed E-state index contributed by atoms with van der Waals surface area (Å²) in [4.78, 5) is 40.0. The Morgan fingerprint density at radius 1 is 1.00 bits per heavy atom. The molecule has 3 aromatic carbocycles. The van der Waals surface area contributed by atoms with Gasteiger partial charge in [0.1, 0.15) is 18.1 Å². The second-order valence-corrected chi connectivity index (χ2v) is 9.09. The second kappa shape index (κ2) is 10.2. The van der Waals surface area contributed by atoms with Gasteiger partial charge >= 0.3 is 0 Å². The first-order valence-electron chi connectivity index (χ1n) is 12.2. The van der Waals surface area contributed by atoms with Crippen molar-refractivity contribution in [3.05, 3.63) is 101 Å². The number of rotatable bonds is 8. The highest BCUT2D eigenvalue weighted by Crippen LogP contribution is 2.41. The van der Waals surface area contributed by atoms with Gasteiger partial charge in [-0.05, 0) is 12.1 Å². The Morgan fingerprint density at radius 3 is 2.37 bits per heavy atom. The fourth-order valence-electron chi connectivity index (χ4n) is 4.69. The number of fused-ring (bicyclic) bond motifs is 2. The van der Waals surface area contributed by atoms with E-state index >= 15 is 0 Å². The van der Waals surface area contributed by atoms with E-state index < -0.39 is 0 Å². The summed E-state index contributed by atoms with van der Waals surface area (Å²) >= 11 is 0. The molecular weight excluding hydrogens is 482 g/mol. The molecule has 4 N–H and O–H groups in total. The number of benzene rings is 3. The summed E-state index contributed by atoms with van der Waals surface area (Å²) in [7, 11) is 3.40. The molecule has 9 nitrogen and oxygen atoms in total. The van der Waals surface area contributed by atoms with Crippen LogP contribution >= 0.6 is 0 Å². The number of nitrogens with one attached hydrogen (secondary N) is 2. The van der Waals surface area contributed by atoms with Gasteiger partial charge in [0.05, 0.1) is 54.5 Å². The molecular formula is C29H28N5O4+. The van der Waals surface area contributed by atoms with Gasteiger partial charge in [0, 0.05) is 30.2 Å². The normalized spacial score (nSPS) is 12.1. The standard InChI is InChI=1S/C29H27N5O4/c1-33-14-15-34(17-33)13-7-12-31-29(37)20-10-5-6-11-21(20)32-22-16-23(38-2)26(30)25-24(22)27(35)18-8-3-4-9-19(18)28(25)36/h3-6,8-11,14-17H,7,12-13H2,1-2H3,(H3-,30,31,32,35,36,37)/p+1. The van der Waals surface area contributed by atoms with Gasteiger partial charge in [-0.1, -0.05) is 36.4 Å². The summed E-state index contributed by atoms with van der Waals surface area (Å²) in [6.45, 7) is 1.26. The van der Waals surface area contributed by atoms with E-state index in [1.54, 1.807) is 54.6 Å². The number of carbonyl (C=O) groups is 3. The lowest BCUT2D eigenvalue weighted by atomic mass is 9.82. The van der Waals surface area contributed by atoms with Crippen LogP contribution in [0, 0.1) is 0 Å². The third kappa shape index (κ3) is 4.50. The molecule has 0 fully saturated rings. The molecule has 0 bridgehead atoms. The molecule has 9 heteroatoms. The highest BCUT2D eigenvalue weighted by atomic mass is 16.5. The average Bonchev–Trinajstić information content (AvgIpc) is 3.35. The van der Waals surface area contributed by atoms with E-state index in [1.165, 1.54) is 7.11 Å². The van der Waals surface area contributed by atoms with Gasteiger partial charge in [0.2, 0.25) is 6.33 Å². The van der Waals surface area contributed by atoms with Crippen LogP contribution in [-0.4, -0.2) is 35.7 Å². The first-order chi connectivity index (χ1) is 18.4. The molecule has 0 saturated carbocycles. The number of methoxy groups -OCH3 is 1. The summed E-state index contributed by atoms with van der Waals surface area (Å²) in [6, 6.07) is 15.2. The molecule has 192 valence electrons. The molecule has 1 heterocycles. The number of nitrogens with two attached hydrogens (primary N) is 1. The number of carbonyl (C=O) groups excluding carboxylic acids is 3. The van der Waals surface area contributed by atoms with Crippen molar-refractivity contribution in [2.45, 2.75) is 13.0 Å². The maximum absolute atomic E-state index is 13.6. The largest absolute Gasteiger partial charge is 0.494 e. The van der Waals surface area contributed by atoms with Gasteiger partial charge in [-0.2, -0.15) is 0 Å². The van der Waals surface area contributed by atoms with Crippen LogP contribution in [0.2, 0.25) is 0 Å². The summed E-state index contributed by atoms with van der Waals surface area (Å²) in [5.41, 5.74) is 8.45. The molecule has 0 spiro atoms. The molecule has 0 unspecified atom stereocenters. The summed E-state index contributed by atoms with van der Waals surface area (Å²) in [5, 5.41) is 6.17. The first-order valence-corrected chi connectivity index (χ1v) is 12.2. The summed E-state index contributed by atoms with van der Waals surface area (Å²) < 4.78 is 9.44. The minimum Gasteiger partial charge on any atom is -0.494 e. The zero-order chi connectivity index (χ0) is 26.8. The third-order valence-corrected chi connectivity index (χ3v) is 6.56. The van der Waals surface area contributed by atoms with Crippen molar-refractivity contribution in [2.75, 3.05) is 24.7 Å². The Hall–Kier alpha value is -4.92. The van der Waals surface area contributed by atoms with Gasteiger partial charge in [0.25, 0.3) is 5.91 Å². The minimum absolute atomic E-state index is 0.0934. The number of para-hydroxylation sites is 1. The average molecular weight is 511 g/mol. The molecule has 5 rings (SSSR count). The fourth-order valence-corrected chi connectivity index (χ4v) is 4.69. The number of nitrogen functional groups attached to an aromatic ring is 1. The number of anilines is 3. The van der Waals surface area contributed by atoms with E-state index in [9.17, 15) is 14.4 Å². The fraction of sp³-hybridized carbons (Fsp3) is 0.172. The van der Waals surface area contributed by atoms with Gasteiger partial charge in [-0.3, -0.25) is 14.4 Å². The topological polar surface area (TPSA) is 119 Å². The maximum Gasteiger partial charge on any atom is 0.253 e. The van der Waals surface area contributed by atoms with E-state index in [2.05, 4.69) is 15.2 Å². The lowest BCUT2D eigenvalue weighted by molar-refractivity contribution is -0.671. The molecule has 4 aromatic rings. The quantitative estimate of drug-likeness (QED) is 0.168. The molecule has 38 heavy (non-hydrogen) atoms. The predicted octanol–water partition coefficient (Wildman–Crippen LogP) is 3.24. The van der Waals surface area contributed by atoms with Gasteiger partial charge in [-0.25, -0.2) is 9.13 Å². The number of ether oxygens (including phenoxy) is 1. The maximum atomic E-state index is 13.6. The van der Waals surface area contributed by atoms with Crippen molar-refractivity contribution in [3.8, 4) is 5.75 Å². The zero-order valence-corrected chi connectivity index (χ0v) is 21.2. The van der Waals surface area contributed by atoms with E-state index in [0.29, 0.717) is 34.6 Å². The second-order valence-electron chi connectivity index (χ2n) is 9.09. The van der Waals surface area contributed by atoms with Crippen molar-refractivity contribution < 1.29 is 23.7 Å². The molecule has 1 aliphatic carbocycles. The van der Waals surface area contributed by atoms with Crippen LogP contribution in [0.5, 0.6) is 5.75 Å². The summed E-state index contributed by atoms with van der Waals surface area (Å²) in [6.07, 6.45) is 6.68. The minimum atomic E-state index is -0.350. The molecule has 1 aromatic heterocycles. The number of hydrogen-bond acceptors (Lipinski definition) is 6. The monoisotopic (exact) mass is 510 g/mol. The number of ketones is 2. The van der Waals surface area contributed by atoms with Crippen LogP contribution in [0.15, 0.2) is 73.3 Å². The number of aryl methyl sites for hydroxylation is 2. The number of imidazole rings is 1. The zero-order valence-electron chi connectivity index (χ0n) is 21.2. The van der Waals surface area contributed by atoms with Crippen molar-refractivity contribution >= 4 is 34.5 Å². The highest BCUT2D eigenvalue weighted by Gasteiger charge is 2.35. The molecule has 0 aliphatic heterocycles. The molecule has 1 aliphatic rings. The van der Waals surface area contributed by atoms with Crippen molar-refractivity contribution in [3.63, 3.8) is 0 Å². The SMILES string of the molecule is COc1cc(Nc2ccccc2C(=O)NCCCn2cc[n+](C)c2)c2c(c1N)C(=O)c1ccccc1C2=O. The third-order valence-electron chi connectivity index (χ3n) is 6.56. The number of hydrogen-bond donors (Lipinski definition) is 3. The van der Waals surface area contributed by atoms with Crippen LogP contribution in [0.25, 0.3) is 0 Å². The van der Waals surface area contributed by atoms with E-state index in [0.717, 1.165) is 13.0 Å². The summed E-state index contributed by atoms with van der Waals surface area (Å²) in [5.74, 6) is -0.674. The Morgan fingerprint density at radius 2 is 1.68 bits per heavy atom. The molecule has 0 atom stereocenters. The Bertz CT molecular complexity index is 1570. The van der Waals surface area contributed by atoms with Gasteiger partial charge < -0.3 is 21.1 Å².